The number of hydrogen-bond acceptors (Lipinski definition) is 3. The first-order valence-corrected chi connectivity index (χ1v) is 3.51. The lowest BCUT2D eigenvalue weighted by Gasteiger charge is -2.19. The molecule has 0 aromatic heterocycles. The highest BCUT2D eigenvalue weighted by atomic mass is 16.5. The van der Waals surface area contributed by atoms with Gasteiger partial charge >= 0.3 is 5.97 Å². The predicted octanol–water partition coefficient (Wildman–Crippen LogP) is 0.124. The second-order valence-electron chi connectivity index (χ2n) is 2.82. The average Bonchev–Trinajstić information content (AvgIpc) is 2.38. The van der Waals surface area contributed by atoms with Gasteiger partial charge in [-0.15, -0.1) is 0 Å². The van der Waals surface area contributed by atoms with Crippen molar-refractivity contribution >= 4 is 5.97 Å². The van der Waals surface area contributed by atoms with Gasteiger partial charge in [0.05, 0.1) is 13.2 Å². The molecule has 1 N–H and O–H groups in total. The van der Waals surface area contributed by atoms with Crippen molar-refractivity contribution in [2.24, 2.45) is 5.41 Å². The maximum atomic E-state index is 10.8. The van der Waals surface area contributed by atoms with Crippen LogP contribution in [0.15, 0.2) is 0 Å². The minimum Gasteiger partial charge on any atom is -0.481 e. The lowest BCUT2D eigenvalue weighted by atomic mass is 9.89. The molecule has 4 heteroatoms. The van der Waals surface area contributed by atoms with Gasteiger partial charge in [0.25, 0.3) is 0 Å². The molecule has 0 aromatic rings. The number of methoxy groups -OCH3 is 1. The molecule has 0 spiro atoms. The van der Waals surface area contributed by atoms with Crippen LogP contribution in [0.4, 0.5) is 0 Å². The number of carbonyl (C=O) groups is 1. The predicted molar refractivity (Wildman–Crippen MR) is 37.4 cm³/mol. The van der Waals surface area contributed by atoms with E-state index in [-0.39, 0.29) is 13.2 Å². The molecule has 1 heterocycles. The van der Waals surface area contributed by atoms with Gasteiger partial charge in [-0.05, 0) is 6.42 Å². The van der Waals surface area contributed by atoms with Crippen molar-refractivity contribution in [1.29, 1.82) is 0 Å². The fourth-order valence-corrected chi connectivity index (χ4v) is 1.23. The van der Waals surface area contributed by atoms with Crippen molar-refractivity contribution in [3.05, 3.63) is 0 Å². The molecule has 1 fully saturated rings. The number of aliphatic carboxylic acids is 1. The van der Waals surface area contributed by atoms with Crippen LogP contribution in [0.1, 0.15) is 6.42 Å². The Bertz CT molecular complexity index is 149. The van der Waals surface area contributed by atoms with Gasteiger partial charge in [0.15, 0.2) is 0 Å². The summed E-state index contributed by atoms with van der Waals surface area (Å²) in [6.45, 7) is 1.04. The summed E-state index contributed by atoms with van der Waals surface area (Å²) in [5.74, 6) is -0.822. The van der Waals surface area contributed by atoms with Crippen molar-refractivity contribution < 1.29 is 19.4 Å². The van der Waals surface area contributed by atoms with Crippen LogP contribution in [0.25, 0.3) is 0 Å². The topological polar surface area (TPSA) is 55.8 Å². The van der Waals surface area contributed by atoms with E-state index in [1.807, 2.05) is 0 Å². The van der Waals surface area contributed by atoms with Gasteiger partial charge in [0, 0.05) is 13.7 Å². The number of carboxylic acid groups (broad SMARTS) is 1. The van der Waals surface area contributed by atoms with Crippen LogP contribution < -0.4 is 0 Å². The summed E-state index contributed by atoms with van der Waals surface area (Å²) in [5, 5.41) is 8.83. The molecule has 0 aromatic carbocycles. The van der Waals surface area contributed by atoms with E-state index < -0.39 is 11.4 Å². The Labute approximate surface area is 65.1 Å². The Morgan fingerprint density at radius 2 is 2.55 bits per heavy atom. The molecule has 1 aliphatic rings. The van der Waals surface area contributed by atoms with E-state index in [9.17, 15) is 4.79 Å². The lowest BCUT2D eigenvalue weighted by Crippen LogP contribution is -2.35. The van der Waals surface area contributed by atoms with E-state index in [2.05, 4.69) is 0 Å². The summed E-state index contributed by atoms with van der Waals surface area (Å²) in [7, 11) is 1.50. The monoisotopic (exact) mass is 160 g/mol. The van der Waals surface area contributed by atoms with Gasteiger partial charge in [0.2, 0.25) is 0 Å². The molecule has 0 radical (unpaired) electrons. The molecule has 64 valence electrons. The minimum absolute atomic E-state index is 0.238. The smallest absolute Gasteiger partial charge is 0.314 e. The van der Waals surface area contributed by atoms with Gasteiger partial charge in [-0.3, -0.25) is 4.79 Å². The third-order valence-corrected chi connectivity index (χ3v) is 1.98. The molecule has 0 bridgehead atoms. The molecule has 1 saturated heterocycles. The zero-order valence-electron chi connectivity index (χ0n) is 6.50. The molecule has 1 unspecified atom stereocenters. The van der Waals surface area contributed by atoms with Gasteiger partial charge < -0.3 is 14.6 Å². The lowest BCUT2D eigenvalue weighted by molar-refractivity contribution is -0.152. The standard InChI is InChI=1S/C7H12O4/c1-10-4-7(6(8)9)2-3-11-5-7/h2-5H2,1H3,(H,8,9). The van der Waals surface area contributed by atoms with Gasteiger partial charge in [-0.1, -0.05) is 0 Å². The first kappa shape index (κ1) is 8.49. The Morgan fingerprint density at radius 1 is 1.82 bits per heavy atom. The van der Waals surface area contributed by atoms with Crippen molar-refractivity contribution in [2.75, 3.05) is 26.9 Å². The van der Waals surface area contributed by atoms with Crippen LogP contribution in [0.5, 0.6) is 0 Å². The highest BCUT2D eigenvalue weighted by molar-refractivity contribution is 5.75. The molecule has 1 atom stereocenters. The van der Waals surface area contributed by atoms with E-state index in [1.54, 1.807) is 0 Å². The van der Waals surface area contributed by atoms with Crippen LogP contribution in [0, 0.1) is 5.41 Å². The van der Waals surface area contributed by atoms with Crippen LogP contribution in [0.2, 0.25) is 0 Å². The third-order valence-electron chi connectivity index (χ3n) is 1.98. The maximum Gasteiger partial charge on any atom is 0.314 e. The Kier molecular flexibility index (Phi) is 2.46. The number of rotatable bonds is 3. The molecular weight excluding hydrogens is 148 g/mol. The van der Waals surface area contributed by atoms with Gasteiger partial charge in [-0.25, -0.2) is 0 Å². The molecule has 4 nitrogen and oxygen atoms in total. The minimum atomic E-state index is -0.822. The highest BCUT2D eigenvalue weighted by Crippen LogP contribution is 2.28. The van der Waals surface area contributed by atoms with Gasteiger partial charge in [0.1, 0.15) is 5.41 Å². The van der Waals surface area contributed by atoms with Crippen molar-refractivity contribution in [1.82, 2.24) is 0 Å². The van der Waals surface area contributed by atoms with E-state index in [0.29, 0.717) is 13.0 Å². The number of hydrogen-bond donors (Lipinski definition) is 1. The van der Waals surface area contributed by atoms with E-state index in [0.717, 1.165) is 0 Å². The summed E-state index contributed by atoms with van der Waals surface area (Å²) >= 11 is 0. The molecule has 11 heavy (non-hydrogen) atoms. The van der Waals surface area contributed by atoms with Gasteiger partial charge in [-0.2, -0.15) is 0 Å². The molecule has 0 saturated carbocycles. The van der Waals surface area contributed by atoms with Crippen LogP contribution in [-0.2, 0) is 14.3 Å². The van der Waals surface area contributed by atoms with E-state index in [4.69, 9.17) is 14.6 Å². The summed E-state index contributed by atoms with van der Waals surface area (Å²) < 4.78 is 9.84. The molecule has 1 aliphatic heterocycles. The number of carboxylic acids is 1. The summed E-state index contributed by atoms with van der Waals surface area (Å²) in [4.78, 5) is 10.8. The quantitative estimate of drug-likeness (QED) is 0.637. The SMILES string of the molecule is COCC1(C(=O)O)CCOC1. The highest BCUT2D eigenvalue weighted by Gasteiger charge is 2.42. The largest absolute Gasteiger partial charge is 0.481 e. The van der Waals surface area contributed by atoms with Crippen molar-refractivity contribution in [3.8, 4) is 0 Å². The third kappa shape index (κ3) is 1.52. The van der Waals surface area contributed by atoms with E-state index in [1.165, 1.54) is 7.11 Å². The fraction of sp³-hybridized carbons (Fsp3) is 0.857. The second kappa shape index (κ2) is 3.19. The summed E-state index contributed by atoms with van der Waals surface area (Å²) in [6, 6.07) is 0. The molecular formula is C7H12O4. The molecule has 1 rings (SSSR count). The average molecular weight is 160 g/mol. The molecule has 0 aliphatic carbocycles. The maximum absolute atomic E-state index is 10.8. The van der Waals surface area contributed by atoms with Crippen molar-refractivity contribution in [2.45, 2.75) is 6.42 Å². The first-order chi connectivity index (χ1) is 5.21. The normalized spacial score (nSPS) is 30.6. The summed E-state index contributed by atoms with van der Waals surface area (Å²) in [5.41, 5.74) is -0.783. The first-order valence-electron chi connectivity index (χ1n) is 3.51. The zero-order valence-corrected chi connectivity index (χ0v) is 6.50. The second-order valence-corrected chi connectivity index (χ2v) is 2.82. The zero-order chi connectivity index (χ0) is 8.32. The van der Waals surface area contributed by atoms with Crippen molar-refractivity contribution in [3.63, 3.8) is 0 Å². The Morgan fingerprint density at radius 3 is 2.91 bits per heavy atom. The van der Waals surface area contributed by atoms with Crippen LogP contribution in [0.3, 0.4) is 0 Å². The van der Waals surface area contributed by atoms with Crippen LogP contribution >= 0.6 is 0 Å². The fourth-order valence-electron chi connectivity index (χ4n) is 1.23. The molecule has 0 amide bonds. The Hall–Kier alpha value is -0.610. The van der Waals surface area contributed by atoms with E-state index >= 15 is 0 Å². The summed E-state index contributed by atoms with van der Waals surface area (Å²) in [6.07, 6.45) is 0.552. The van der Waals surface area contributed by atoms with Crippen LogP contribution in [-0.4, -0.2) is 38.0 Å². The number of ether oxygens (including phenoxy) is 2. The Balaban J connectivity index is 2.62.